The fourth-order valence-electron chi connectivity index (χ4n) is 4.35. The average Bonchev–Trinajstić information content (AvgIpc) is 2.78. The van der Waals surface area contributed by atoms with Crippen LogP contribution in [-0.2, 0) is 24.2 Å². The Kier molecular flexibility index (Phi) is 7.08. The predicted octanol–water partition coefficient (Wildman–Crippen LogP) is 4.22. The summed E-state index contributed by atoms with van der Waals surface area (Å²) in [4.78, 5) is 28.8. The van der Waals surface area contributed by atoms with Crippen molar-refractivity contribution in [2.45, 2.75) is 58.7 Å². The summed E-state index contributed by atoms with van der Waals surface area (Å²) in [6, 6.07) is 10.0. The van der Waals surface area contributed by atoms with Gasteiger partial charge in [-0.25, -0.2) is 4.79 Å². The van der Waals surface area contributed by atoms with E-state index in [1.54, 1.807) is 11.0 Å². The molecule has 2 aromatic rings. The van der Waals surface area contributed by atoms with Gasteiger partial charge in [-0.15, -0.1) is 0 Å². The molecule has 3 heterocycles. The van der Waals surface area contributed by atoms with Crippen molar-refractivity contribution < 1.29 is 18.7 Å². The zero-order valence-corrected chi connectivity index (χ0v) is 19.8. The molecule has 0 N–H and O–H groups in total. The number of piperidine rings is 1. The van der Waals surface area contributed by atoms with Crippen LogP contribution in [0.3, 0.4) is 0 Å². The van der Waals surface area contributed by atoms with E-state index in [4.69, 9.17) is 13.9 Å². The molecule has 0 radical (unpaired) electrons. The number of nitrogens with zero attached hydrogens (tertiary/aromatic N) is 2. The highest BCUT2D eigenvalue weighted by Gasteiger charge is 2.27. The van der Waals surface area contributed by atoms with Crippen molar-refractivity contribution in [3.63, 3.8) is 0 Å². The number of benzene rings is 1. The van der Waals surface area contributed by atoms with Gasteiger partial charge >= 0.3 is 6.09 Å². The monoisotopic (exact) mass is 454 g/mol. The Hall–Kier alpha value is -2.80. The highest BCUT2D eigenvalue weighted by Crippen LogP contribution is 2.22. The van der Waals surface area contributed by atoms with Gasteiger partial charge in [0.15, 0.2) is 0 Å². The fraction of sp³-hybridized carbons (Fsp3) is 0.538. The van der Waals surface area contributed by atoms with E-state index in [-0.39, 0.29) is 23.2 Å². The van der Waals surface area contributed by atoms with Gasteiger partial charge in [0.25, 0.3) is 0 Å². The highest BCUT2D eigenvalue weighted by molar-refractivity contribution is 5.68. The zero-order valence-electron chi connectivity index (χ0n) is 19.8. The standard InChI is InChI=1S/C26H34N2O5/c1-26(2,3)33-25(30)28-12-8-19(9-13-28)17-32-24-18-31-22(14-23(24)29)16-27-11-10-20-6-4-5-7-21(20)15-27/h4-7,14,18-19H,8-13,15-17H2,1-3H3. The molecule has 2 aliphatic heterocycles. The van der Waals surface area contributed by atoms with Gasteiger partial charge in [-0.3, -0.25) is 9.69 Å². The minimum Gasteiger partial charge on any atom is -0.486 e. The highest BCUT2D eigenvalue weighted by atomic mass is 16.6. The number of ether oxygens (including phenoxy) is 2. The summed E-state index contributed by atoms with van der Waals surface area (Å²) < 4.78 is 17.0. The maximum absolute atomic E-state index is 12.6. The summed E-state index contributed by atoms with van der Waals surface area (Å²) in [7, 11) is 0. The summed E-state index contributed by atoms with van der Waals surface area (Å²) in [6.45, 7) is 9.73. The van der Waals surface area contributed by atoms with Gasteiger partial charge in [-0.05, 0) is 57.1 Å². The molecule has 0 unspecified atom stereocenters. The SMILES string of the molecule is CC(C)(C)OC(=O)N1CCC(COc2coc(CN3CCc4ccccc4C3)cc2=O)CC1. The second kappa shape index (κ2) is 10.00. The third-order valence-corrected chi connectivity index (χ3v) is 6.18. The van der Waals surface area contributed by atoms with Crippen LogP contribution in [0.1, 0.15) is 50.5 Å². The molecule has 7 nitrogen and oxygen atoms in total. The average molecular weight is 455 g/mol. The smallest absolute Gasteiger partial charge is 0.410 e. The Morgan fingerprint density at radius 3 is 2.55 bits per heavy atom. The number of likely N-dealkylation sites (tertiary alicyclic amines) is 1. The van der Waals surface area contributed by atoms with Gasteiger partial charge < -0.3 is 18.8 Å². The van der Waals surface area contributed by atoms with Crippen LogP contribution in [0.2, 0.25) is 0 Å². The number of hydrogen-bond acceptors (Lipinski definition) is 6. The maximum Gasteiger partial charge on any atom is 0.410 e. The maximum atomic E-state index is 12.6. The van der Waals surface area contributed by atoms with Crippen molar-refractivity contribution in [1.29, 1.82) is 0 Å². The first kappa shape index (κ1) is 23.4. The number of hydrogen-bond donors (Lipinski definition) is 0. The minimum atomic E-state index is -0.490. The molecule has 0 aliphatic carbocycles. The van der Waals surface area contributed by atoms with Crippen LogP contribution in [0, 0.1) is 5.92 Å². The summed E-state index contributed by atoms with van der Waals surface area (Å²) in [5, 5.41) is 0. The molecule has 178 valence electrons. The van der Waals surface area contributed by atoms with Gasteiger partial charge in [0, 0.05) is 32.2 Å². The van der Waals surface area contributed by atoms with Crippen molar-refractivity contribution in [3.8, 4) is 5.75 Å². The fourth-order valence-corrected chi connectivity index (χ4v) is 4.35. The molecule has 0 atom stereocenters. The van der Waals surface area contributed by atoms with E-state index in [0.717, 1.165) is 32.4 Å². The zero-order chi connectivity index (χ0) is 23.4. The first-order valence-corrected chi connectivity index (χ1v) is 11.8. The number of carbonyl (C=O) groups excluding carboxylic acids is 1. The van der Waals surface area contributed by atoms with Crippen LogP contribution in [0.5, 0.6) is 5.75 Å². The molecule has 1 saturated heterocycles. The van der Waals surface area contributed by atoms with E-state index in [2.05, 4.69) is 29.2 Å². The molecule has 0 spiro atoms. The van der Waals surface area contributed by atoms with Crippen molar-refractivity contribution in [2.24, 2.45) is 5.92 Å². The van der Waals surface area contributed by atoms with Gasteiger partial charge in [0.05, 0.1) is 13.2 Å². The molecular weight excluding hydrogens is 420 g/mol. The Morgan fingerprint density at radius 1 is 1.12 bits per heavy atom. The molecule has 1 fully saturated rings. The van der Waals surface area contributed by atoms with E-state index < -0.39 is 5.60 Å². The quantitative estimate of drug-likeness (QED) is 0.674. The van der Waals surface area contributed by atoms with Gasteiger partial charge in [-0.1, -0.05) is 24.3 Å². The molecule has 4 rings (SSSR count). The third kappa shape index (κ3) is 6.38. The lowest BCUT2D eigenvalue weighted by molar-refractivity contribution is 0.0164. The van der Waals surface area contributed by atoms with Gasteiger partial charge in [-0.2, -0.15) is 0 Å². The molecular formula is C26H34N2O5. The van der Waals surface area contributed by atoms with Crippen LogP contribution in [-0.4, -0.2) is 47.7 Å². The van der Waals surface area contributed by atoms with Crippen LogP contribution in [0.15, 0.2) is 45.8 Å². The van der Waals surface area contributed by atoms with E-state index >= 15 is 0 Å². The molecule has 33 heavy (non-hydrogen) atoms. The lowest BCUT2D eigenvalue weighted by Crippen LogP contribution is -2.42. The summed E-state index contributed by atoms with van der Waals surface area (Å²) >= 11 is 0. The molecule has 0 bridgehead atoms. The summed E-state index contributed by atoms with van der Waals surface area (Å²) in [5.41, 5.74) is 2.09. The topological polar surface area (TPSA) is 72.2 Å². The van der Waals surface area contributed by atoms with E-state index in [9.17, 15) is 9.59 Å². The van der Waals surface area contributed by atoms with Crippen molar-refractivity contribution >= 4 is 6.09 Å². The van der Waals surface area contributed by atoms with Gasteiger partial charge in [0.1, 0.15) is 17.6 Å². The number of fused-ring (bicyclic) bond motifs is 1. The first-order chi connectivity index (χ1) is 15.8. The Labute approximate surface area is 195 Å². The second-order valence-corrected chi connectivity index (χ2v) is 10.0. The lowest BCUT2D eigenvalue weighted by Gasteiger charge is -2.33. The Morgan fingerprint density at radius 2 is 1.85 bits per heavy atom. The molecule has 2 aliphatic rings. The van der Waals surface area contributed by atoms with Crippen molar-refractivity contribution in [3.05, 3.63) is 63.7 Å². The molecule has 7 heteroatoms. The van der Waals surface area contributed by atoms with Crippen LogP contribution in [0.4, 0.5) is 4.79 Å². The number of rotatable bonds is 5. The molecule has 1 aromatic carbocycles. The summed E-state index contributed by atoms with van der Waals surface area (Å²) in [6.07, 6.45) is 3.81. The molecule has 1 amide bonds. The second-order valence-electron chi connectivity index (χ2n) is 10.0. The summed E-state index contributed by atoms with van der Waals surface area (Å²) in [5.74, 6) is 1.19. The largest absolute Gasteiger partial charge is 0.486 e. The van der Waals surface area contributed by atoms with E-state index in [1.807, 2.05) is 20.8 Å². The van der Waals surface area contributed by atoms with E-state index in [0.29, 0.717) is 32.0 Å². The number of amides is 1. The normalized spacial score (nSPS) is 17.5. The van der Waals surface area contributed by atoms with Crippen LogP contribution in [0.25, 0.3) is 0 Å². The van der Waals surface area contributed by atoms with Crippen molar-refractivity contribution in [2.75, 3.05) is 26.2 Å². The van der Waals surface area contributed by atoms with Gasteiger partial charge in [0.2, 0.25) is 11.2 Å². The lowest BCUT2D eigenvalue weighted by atomic mass is 9.98. The van der Waals surface area contributed by atoms with Crippen molar-refractivity contribution in [1.82, 2.24) is 9.80 Å². The minimum absolute atomic E-state index is 0.153. The Balaban J connectivity index is 1.24. The predicted molar refractivity (Wildman–Crippen MR) is 125 cm³/mol. The van der Waals surface area contributed by atoms with Crippen LogP contribution >= 0.6 is 0 Å². The third-order valence-electron chi connectivity index (χ3n) is 6.18. The Bertz CT molecular complexity index is 1020. The number of carbonyl (C=O) groups is 1. The molecule has 1 aromatic heterocycles. The van der Waals surface area contributed by atoms with E-state index in [1.165, 1.54) is 17.4 Å². The first-order valence-electron chi connectivity index (χ1n) is 11.8. The molecule has 0 saturated carbocycles. The van der Waals surface area contributed by atoms with Crippen LogP contribution < -0.4 is 10.2 Å².